The topological polar surface area (TPSA) is 263 Å². The summed E-state index contributed by atoms with van der Waals surface area (Å²) in [6.07, 6.45) is 0. The number of anilines is 1. The first-order valence-electron chi connectivity index (χ1n) is 5.72. The smallest absolute Gasteiger partial charge is 0.465 e. The molecule has 0 fully saturated rings. The van der Waals surface area contributed by atoms with Crippen LogP contribution in [0.1, 0.15) is 0 Å². The monoisotopic (exact) mass is 354 g/mol. The summed E-state index contributed by atoms with van der Waals surface area (Å²) in [6, 6.07) is 0. The van der Waals surface area contributed by atoms with Gasteiger partial charge in [-0.3, -0.25) is 0 Å². The Kier molecular flexibility index (Phi) is 3.62. The first-order chi connectivity index (χ1) is 12.0. The van der Waals surface area contributed by atoms with Crippen LogP contribution in [0, 0.1) is 20.5 Å². The molecule has 19 nitrogen and oxygen atoms in total. The van der Waals surface area contributed by atoms with Gasteiger partial charge in [0.15, 0.2) is 15.5 Å². The molecule has 0 atom stereocenters. The highest BCUT2D eigenvalue weighted by Crippen LogP contribution is 2.28. The van der Waals surface area contributed by atoms with E-state index in [2.05, 4.69) is 55.1 Å². The molecule has 0 aliphatic carbocycles. The molecule has 2 N–H and O–H groups in total. The molecule has 0 aromatic carbocycles. The van der Waals surface area contributed by atoms with Crippen LogP contribution < -0.4 is 5.73 Å². The lowest BCUT2D eigenvalue weighted by Crippen LogP contribution is -1.97. The van der Waals surface area contributed by atoms with Crippen molar-refractivity contribution in [1.29, 1.82) is 0 Å². The molecule has 3 aromatic rings. The second kappa shape index (κ2) is 5.90. The van der Waals surface area contributed by atoms with Gasteiger partial charge in [-0.15, -0.1) is 23.6 Å². The molecule has 0 aliphatic heterocycles. The Bertz CT molecular complexity index is 982. The quantitative estimate of drug-likeness (QED) is 0.277. The number of nitrogens with two attached hydrogens (primary N) is 1. The van der Waals surface area contributed by atoms with E-state index in [0.29, 0.717) is 0 Å². The van der Waals surface area contributed by atoms with Crippen molar-refractivity contribution in [2.24, 2.45) is 10.2 Å². The van der Waals surface area contributed by atoms with Crippen LogP contribution in [0.3, 0.4) is 0 Å². The molecule has 19 heteroatoms. The van der Waals surface area contributed by atoms with Gasteiger partial charge in [0.25, 0.3) is 5.82 Å². The summed E-state index contributed by atoms with van der Waals surface area (Å²) in [7, 11) is 0. The number of azo groups is 2. The third-order valence-electron chi connectivity index (χ3n) is 2.31. The van der Waals surface area contributed by atoms with Gasteiger partial charge >= 0.3 is 29.1 Å². The number of hydrogen-bond acceptors (Lipinski definition) is 16. The molecule has 0 spiro atoms. The Hall–Kier alpha value is -4.58. The summed E-state index contributed by atoms with van der Waals surface area (Å²) >= 11 is 0. The molecule has 3 aromatic heterocycles. The summed E-state index contributed by atoms with van der Waals surface area (Å²) in [4.78, 5) is 9.17. The zero-order valence-corrected chi connectivity index (χ0v) is 11.4. The van der Waals surface area contributed by atoms with E-state index in [-0.39, 0.29) is 15.5 Å². The van der Waals surface area contributed by atoms with E-state index in [0.717, 1.165) is 0 Å². The minimum atomic E-state index is -0.991. The predicted molar refractivity (Wildman–Crippen MR) is 64.7 cm³/mol. The third kappa shape index (κ3) is 2.86. The molecule has 3 heterocycles. The van der Waals surface area contributed by atoms with Crippen LogP contribution in [0.25, 0.3) is 0 Å². The Balaban J connectivity index is 1.96. The number of nitrogens with zero attached hydrogens (tertiary/aromatic N) is 11. The Morgan fingerprint density at radius 3 is 1.80 bits per heavy atom. The van der Waals surface area contributed by atoms with E-state index in [1.807, 2.05) is 0 Å². The summed E-state index contributed by atoms with van der Waals surface area (Å²) in [5.74, 6) is -4.01. The maximum Gasteiger partial charge on any atom is 0.465 e. The number of rotatable bonds is 5. The molecule has 0 saturated carbocycles. The van der Waals surface area contributed by atoms with Crippen LogP contribution in [-0.2, 0) is 0 Å². The molecular weight excluding hydrogens is 352 g/mol. The average Bonchev–Trinajstić information content (AvgIpc) is 3.27. The average molecular weight is 354 g/mol. The normalized spacial score (nSPS) is 12.5. The van der Waals surface area contributed by atoms with Crippen LogP contribution in [-0.4, -0.2) is 45.6 Å². The second-order valence-electron chi connectivity index (χ2n) is 3.80. The molecular formula is C6H2N12O7. The summed E-state index contributed by atoms with van der Waals surface area (Å²) in [5, 5.41) is 59.5. The number of nitrogen functional groups attached to an aromatic ring is 1. The molecule has 3 rings (SSSR count). The van der Waals surface area contributed by atoms with Crippen molar-refractivity contribution in [1.82, 2.24) is 30.9 Å². The third-order valence-corrected chi connectivity index (χ3v) is 2.31. The Morgan fingerprint density at radius 2 is 1.24 bits per heavy atom. The summed E-state index contributed by atoms with van der Waals surface area (Å²) < 4.78 is 12.6. The maximum atomic E-state index is 11.9. The first kappa shape index (κ1) is 15.3. The van der Waals surface area contributed by atoms with Crippen molar-refractivity contribution >= 4 is 34.9 Å². The van der Waals surface area contributed by atoms with E-state index < -0.39 is 34.0 Å². The van der Waals surface area contributed by atoms with E-state index in [1.54, 1.807) is 0 Å². The van der Waals surface area contributed by atoms with Gasteiger partial charge in [0.2, 0.25) is 0 Å². The van der Waals surface area contributed by atoms with Gasteiger partial charge in [0.1, 0.15) is 0 Å². The van der Waals surface area contributed by atoms with Gasteiger partial charge in [-0.2, -0.15) is 0 Å². The molecule has 0 unspecified atom stereocenters. The SMILES string of the molecule is Nc1nonc1[N+]([O-])=Nc1nonc1[N+]([O-])=Nc1nonc1[N+](=O)[O-]. The van der Waals surface area contributed by atoms with Gasteiger partial charge < -0.3 is 26.3 Å². The minimum absolute atomic E-state index is 0.178. The Morgan fingerprint density at radius 1 is 0.760 bits per heavy atom. The fourth-order valence-electron chi connectivity index (χ4n) is 1.31. The van der Waals surface area contributed by atoms with Crippen molar-refractivity contribution < 1.29 is 28.5 Å². The maximum absolute atomic E-state index is 11.9. The van der Waals surface area contributed by atoms with E-state index in [1.165, 1.54) is 0 Å². The standard InChI is InChI=1S/C6H2N12O7/c7-1-4(13-23-10-1)16(19)8-2-5(14-24-11-2)17(20)9-3-6(18(21)22)15-25-12-3/h(H2,7,10). The molecule has 0 bridgehead atoms. The highest BCUT2D eigenvalue weighted by atomic mass is 16.6. The first-order valence-corrected chi connectivity index (χ1v) is 5.72. The highest BCUT2D eigenvalue weighted by molar-refractivity contribution is 5.45. The number of hydrogen-bond donors (Lipinski definition) is 1. The van der Waals surface area contributed by atoms with E-state index >= 15 is 0 Å². The largest absolute Gasteiger partial charge is 0.690 e. The number of aromatic nitrogens is 6. The van der Waals surface area contributed by atoms with E-state index in [9.17, 15) is 20.5 Å². The number of nitro groups is 1. The molecule has 0 aliphatic rings. The molecule has 0 saturated heterocycles. The van der Waals surface area contributed by atoms with Crippen LogP contribution in [0.15, 0.2) is 24.1 Å². The van der Waals surface area contributed by atoms with Crippen molar-refractivity contribution in [3.8, 4) is 0 Å². The van der Waals surface area contributed by atoms with Crippen molar-refractivity contribution in [2.75, 3.05) is 5.73 Å². The van der Waals surface area contributed by atoms with Gasteiger partial charge in [-0.1, -0.05) is 0 Å². The zero-order chi connectivity index (χ0) is 18.0. The minimum Gasteiger partial charge on any atom is -0.690 e. The van der Waals surface area contributed by atoms with Gasteiger partial charge in [-0.25, -0.2) is 0 Å². The lowest BCUT2D eigenvalue weighted by Gasteiger charge is -1.99. The summed E-state index contributed by atoms with van der Waals surface area (Å²) in [6.45, 7) is 0. The van der Waals surface area contributed by atoms with Gasteiger partial charge in [-0.05, 0) is 15.2 Å². The Labute approximate surface area is 132 Å². The fourth-order valence-corrected chi connectivity index (χ4v) is 1.31. The highest BCUT2D eigenvalue weighted by Gasteiger charge is 2.28. The predicted octanol–water partition coefficient (Wildman–Crippen LogP) is 0.177. The lowest BCUT2D eigenvalue weighted by molar-refractivity contribution is -0.450. The van der Waals surface area contributed by atoms with Crippen LogP contribution in [0.5, 0.6) is 0 Å². The zero-order valence-electron chi connectivity index (χ0n) is 11.4. The van der Waals surface area contributed by atoms with Gasteiger partial charge in [0, 0.05) is 15.5 Å². The lowest BCUT2D eigenvalue weighted by atomic mass is 10.6. The second-order valence-corrected chi connectivity index (χ2v) is 3.80. The molecule has 0 radical (unpaired) electrons. The van der Waals surface area contributed by atoms with Crippen LogP contribution in [0.4, 0.5) is 34.9 Å². The van der Waals surface area contributed by atoms with E-state index in [4.69, 9.17) is 5.73 Å². The van der Waals surface area contributed by atoms with Crippen molar-refractivity contribution in [3.05, 3.63) is 20.5 Å². The van der Waals surface area contributed by atoms with Crippen LogP contribution in [0.2, 0.25) is 0 Å². The summed E-state index contributed by atoms with van der Waals surface area (Å²) in [5.41, 5.74) is 5.29. The van der Waals surface area contributed by atoms with Crippen molar-refractivity contribution in [2.45, 2.75) is 0 Å². The molecule has 0 amide bonds. The van der Waals surface area contributed by atoms with Crippen LogP contribution >= 0.6 is 0 Å². The molecule has 25 heavy (non-hydrogen) atoms. The molecule has 128 valence electrons. The van der Waals surface area contributed by atoms with Crippen molar-refractivity contribution in [3.63, 3.8) is 0 Å². The van der Waals surface area contributed by atoms with Gasteiger partial charge in [0.05, 0.1) is 0 Å². The fraction of sp³-hybridized carbons (Fsp3) is 0.